The molecule has 1 aromatic heterocycles. The summed E-state index contributed by atoms with van der Waals surface area (Å²) in [6, 6.07) is 13.3. The summed E-state index contributed by atoms with van der Waals surface area (Å²) in [7, 11) is 0. The van der Waals surface area contributed by atoms with Crippen LogP contribution in [0, 0.1) is 0 Å². The lowest BCUT2D eigenvalue weighted by molar-refractivity contribution is -0.160. The molecule has 2 unspecified atom stereocenters. The first-order chi connectivity index (χ1) is 16.3. The molecule has 0 radical (unpaired) electrons. The maximum Gasteiger partial charge on any atom is 0.303 e. The number of rotatable bonds is 6. The average molecular weight is 481 g/mol. The minimum atomic E-state index is -1.16. The highest BCUT2D eigenvalue weighted by Gasteiger charge is 2.39. The smallest absolute Gasteiger partial charge is 0.303 e. The zero-order valence-electron chi connectivity index (χ0n) is 18.6. The van der Waals surface area contributed by atoms with Gasteiger partial charge in [0.1, 0.15) is 12.2 Å². The van der Waals surface area contributed by atoms with Crippen molar-refractivity contribution in [2.24, 2.45) is 5.73 Å². The molecule has 2 aromatic carbocycles. The molecule has 1 aliphatic rings. The number of halogens is 1. The summed E-state index contributed by atoms with van der Waals surface area (Å²) in [5.74, 6) is -1.41. The molecule has 4 rings (SSSR count). The number of nitrogens with one attached hydrogen (secondary N) is 1. The Balaban J connectivity index is 1.50. The minimum Gasteiger partial charge on any atom is -0.447 e. The van der Waals surface area contributed by atoms with Crippen molar-refractivity contribution in [3.8, 4) is 0 Å². The Morgan fingerprint density at radius 1 is 1.12 bits per heavy atom. The lowest BCUT2D eigenvalue weighted by Gasteiger charge is -2.29. The van der Waals surface area contributed by atoms with E-state index in [0.717, 1.165) is 16.3 Å². The van der Waals surface area contributed by atoms with Crippen molar-refractivity contribution in [2.75, 3.05) is 6.54 Å². The van der Waals surface area contributed by atoms with Gasteiger partial charge < -0.3 is 20.7 Å². The zero-order valence-corrected chi connectivity index (χ0v) is 19.4. The van der Waals surface area contributed by atoms with Crippen molar-refractivity contribution in [3.05, 3.63) is 77.1 Å². The number of nitrogens with zero attached hydrogens (tertiary/aromatic N) is 2. The van der Waals surface area contributed by atoms with Gasteiger partial charge in [0.05, 0.1) is 0 Å². The Hall–Kier alpha value is -3.49. The second-order valence-electron chi connectivity index (χ2n) is 8.20. The highest BCUT2D eigenvalue weighted by Crippen LogP contribution is 2.28. The largest absolute Gasteiger partial charge is 0.447 e. The molecule has 3 atom stereocenters. The summed E-state index contributed by atoms with van der Waals surface area (Å²) in [6.45, 7) is 1.61. The Morgan fingerprint density at radius 3 is 2.59 bits per heavy atom. The van der Waals surface area contributed by atoms with E-state index in [-0.39, 0.29) is 5.91 Å². The number of hydrogen-bond acceptors (Lipinski definition) is 6. The number of benzene rings is 2. The molecule has 3 N–H and O–H groups in total. The standard InChI is InChI=1S/C25H25ClN4O4/c1-15(31)34-22(16-6-8-20(26)9-7-16)25(33)30-12-2-3-21(30)24(32)29-23(27)18-4-5-19-14-28-11-10-17(19)13-18/h4-11,13-14,21-23H,2-3,12,27H2,1H3,(H,29,32)/t21-,22?,23?/m0/s1. The molecule has 1 aliphatic heterocycles. The molecule has 2 heterocycles. The summed E-state index contributed by atoms with van der Waals surface area (Å²) in [5.41, 5.74) is 7.50. The fourth-order valence-corrected chi connectivity index (χ4v) is 4.27. The van der Waals surface area contributed by atoms with E-state index in [1.54, 1.807) is 36.7 Å². The molecule has 8 nitrogen and oxygen atoms in total. The fraction of sp³-hybridized carbons (Fsp3) is 0.280. The number of fused-ring (bicyclic) bond motifs is 1. The second kappa shape index (κ2) is 10.2. The molecule has 176 valence electrons. The fourth-order valence-electron chi connectivity index (χ4n) is 4.15. The Morgan fingerprint density at radius 2 is 1.85 bits per heavy atom. The molecule has 1 fully saturated rings. The van der Waals surface area contributed by atoms with Crippen LogP contribution in [0.1, 0.15) is 43.2 Å². The van der Waals surface area contributed by atoms with Crippen LogP contribution in [0.15, 0.2) is 60.9 Å². The summed E-state index contributed by atoms with van der Waals surface area (Å²) in [5, 5.41) is 5.24. The summed E-state index contributed by atoms with van der Waals surface area (Å²) >= 11 is 5.95. The first-order valence-electron chi connectivity index (χ1n) is 11.0. The SMILES string of the molecule is CC(=O)OC(C(=O)N1CCC[C@H]1C(=O)NC(N)c1ccc2cnccc2c1)c1ccc(Cl)cc1. The maximum absolute atomic E-state index is 13.4. The number of ether oxygens (including phenoxy) is 1. The van der Waals surface area contributed by atoms with Gasteiger partial charge in [0.25, 0.3) is 5.91 Å². The van der Waals surface area contributed by atoms with E-state index in [1.165, 1.54) is 11.8 Å². The Labute approximate surface area is 202 Å². The predicted molar refractivity (Wildman–Crippen MR) is 128 cm³/mol. The van der Waals surface area contributed by atoms with Gasteiger partial charge in [-0.25, -0.2) is 0 Å². The molecular formula is C25H25ClN4O4. The van der Waals surface area contributed by atoms with Crippen molar-refractivity contribution in [2.45, 2.75) is 38.1 Å². The Bertz CT molecular complexity index is 1220. The molecular weight excluding hydrogens is 456 g/mol. The molecule has 34 heavy (non-hydrogen) atoms. The normalized spacial score (nSPS) is 17.3. The molecule has 9 heteroatoms. The number of carbonyl (C=O) groups excluding carboxylic acids is 3. The van der Waals surface area contributed by atoms with Crippen LogP contribution in [0.2, 0.25) is 5.02 Å². The third-order valence-electron chi connectivity index (χ3n) is 5.84. The van der Waals surface area contributed by atoms with Gasteiger partial charge in [0, 0.05) is 41.8 Å². The summed E-state index contributed by atoms with van der Waals surface area (Å²) < 4.78 is 5.34. The van der Waals surface area contributed by atoms with Crippen LogP contribution in [-0.2, 0) is 19.1 Å². The van der Waals surface area contributed by atoms with Gasteiger partial charge in [0.2, 0.25) is 12.0 Å². The number of likely N-dealkylation sites (tertiary alicyclic amines) is 1. The molecule has 0 spiro atoms. The molecule has 0 saturated carbocycles. The number of nitrogens with two attached hydrogens (primary N) is 1. The minimum absolute atomic E-state index is 0.356. The van der Waals surface area contributed by atoms with Crippen LogP contribution in [0.25, 0.3) is 10.8 Å². The van der Waals surface area contributed by atoms with E-state index in [2.05, 4.69) is 10.3 Å². The summed E-state index contributed by atoms with van der Waals surface area (Å²) in [4.78, 5) is 43.8. The lowest BCUT2D eigenvalue weighted by Crippen LogP contribution is -2.49. The van der Waals surface area contributed by atoms with Gasteiger partial charge in [-0.3, -0.25) is 19.4 Å². The number of aromatic nitrogens is 1. The second-order valence-corrected chi connectivity index (χ2v) is 8.64. The van der Waals surface area contributed by atoms with Crippen LogP contribution in [0.4, 0.5) is 0 Å². The van der Waals surface area contributed by atoms with Gasteiger partial charge in [-0.05, 0) is 48.1 Å². The third kappa shape index (κ3) is 5.18. The van der Waals surface area contributed by atoms with Crippen molar-refractivity contribution < 1.29 is 19.1 Å². The molecule has 3 aromatic rings. The van der Waals surface area contributed by atoms with E-state index in [0.29, 0.717) is 30.0 Å². The van der Waals surface area contributed by atoms with Crippen LogP contribution in [0.3, 0.4) is 0 Å². The highest BCUT2D eigenvalue weighted by molar-refractivity contribution is 6.30. The van der Waals surface area contributed by atoms with E-state index < -0.39 is 30.2 Å². The number of hydrogen-bond donors (Lipinski definition) is 2. The average Bonchev–Trinajstić information content (AvgIpc) is 3.32. The van der Waals surface area contributed by atoms with E-state index in [9.17, 15) is 14.4 Å². The van der Waals surface area contributed by atoms with Crippen molar-refractivity contribution in [3.63, 3.8) is 0 Å². The van der Waals surface area contributed by atoms with Gasteiger partial charge in [-0.1, -0.05) is 35.9 Å². The first-order valence-corrected chi connectivity index (χ1v) is 11.3. The van der Waals surface area contributed by atoms with Crippen molar-refractivity contribution >= 4 is 40.2 Å². The van der Waals surface area contributed by atoms with Crippen LogP contribution in [-0.4, -0.2) is 40.3 Å². The number of amides is 2. The topological polar surface area (TPSA) is 115 Å². The Kier molecular flexibility index (Phi) is 7.09. The van der Waals surface area contributed by atoms with E-state index >= 15 is 0 Å². The van der Waals surface area contributed by atoms with Crippen LogP contribution >= 0.6 is 11.6 Å². The number of carbonyl (C=O) groups is 3. The number of esters is 1. The van der Waals surface area contributed by atoms with Gasteiger partial charge >= 0.3 is 5.97 Å². The van der Waals surface area contributed by atoms with Gasteiger partial charge in [-0.15, -0.1) is 0 Å². The van der Waals surface area contributed by atoms with Gasteiger partial charge in [-0.2, -0.15) is 0 Å². The molecule has 2 amide bonds. The number of pyridine rings is 1. The van der Waals surface area contributed by atoms with Crippen LogP contribution in [0.5, 0.6) is 0 Å². The van der Waals surface area contributed by atoms with Crippen LogP contribution < -0.4 is 11.1 Å². The predicted octanol–water partition coefficient (Wildman–Crippen LogP) is 3.26. The third-order valence-corrected chi connectivity index (χ3v) is 6.09. The first kappa shape index (κ1) is 23.7. The highest BCUT2D eigenvalue weighted by atomic mass is 35.5. The summed E-state index contributed by atoms with van der Waals surface area (Å²) in [6.07, 6.45) is 2.68. The lowest BCUT2D eigenvalue weighted by atomic mass is 10.1. The monoisotopic (exact) mass is 480 g/mol. The maximum atomic E-state index is 13.4. The molecule has 0 aliphatic carbocycles. The van der Waals surface area contributed by atoms with Gasteiger partial charge in [0.15, 0.2) is 0 Å². The molecule has 1 saturated heterocycles. The quantitative estimate of drug-likeness (QED) is 0.413. The zero-order chi connectivity index (χ0) is 24.2. The van der Waals surface area contributed by atoms with Crippen molar-refractivity contribution in [1.82, 2.24) is 15.2 Å². The molecule has 0 bridgehead atoms. The van der Waals surface area contributed by atoms with Crippen molar-refractivity contribution in [1.29, 1.82) is 0 Å². The van der Waals surface area contributed by atoms with E-state index in [1.807, 2.05) is 24.3 Å². The van der Waals surface area contributed by atoms with E-state index in [4.69, 9.17) is 22.1 Å².